The summed E-state index contributed by atoms with van der Waals surface area (Å²) in [4.78, 5) is 5.36. The largest absolute Gasteiger partial charge is 0.107 e. The highest BCUT2D eigenvalue weighted by molar-refractivity contribution is 15.0. The highest BCUT2D eigenvalue weighted by Crippen LogP contribution is 2.48. The molecule has 8 rings (SSSR count). The van der Waals surface area contributed by atoms with E-state index < -0.39 is 0 Å². The fourth-order valence-corrected chi connectivity index (χ4v) is 8.03. The minimum atomic E-state index is 0. The highest BCUT2D eigenvalue weighted by atomic mass is 128. The lowest BCUT2D eigenvalue weighted by molar-refractivity contribution is 0.953. The second-order valence-corrected chi connectivity index (χ2v) is 13.4. The molecule has 0 aliphatic heterocycles. The predicted molar refractivity (Wildman–Crippen MR) is 246 cm³/mol. The van der Waals surface area contributed by atoms with Gasteiger partial charge >= 0.3 is 0 Å². The molecular formula is C39H38I4N6. The quantitative estimate of drug-likeness (QED) is 0.0785. The Morgan fingerprint density at radius 3 is 1.10 bits per heavy atom. The molecule has 252 valence electrons. The van der Waals surface area contributed by atoms with Gasteiger partial charge in [0, 0.05) is 99.3 Å². The molecule has 4 atom stereocenters. The van der Waals surface area contributed by atoms with Crippen LogP contribution in [0.5, 0.6) is 0 Å². The Hall–Kier alpha value is -2.10. The van der Waals surface area contributed by atoms with Gasteiger partial charge in [-0.25, -0.2) is 0 Å². The van der Waals surface area contributed by atoms with E-state index in [1.165, 1.54) is 77.2 Å². The van der Waals surface area contributed by atoms with E-state index in [0.29, 0.717) is 17.8 Å². The Labute approximate surface area is 343 Å². The van der Waals surface area contributed by atoms with Gasteiger partial charge in [0.1, 0.15) is 0 Å². The summed E-state index contributed by atoms with van der Waals surface area (Å²) in [5, 5.41) is 9.55. The van der Waals surface area contributed by atoms with Crippen molar-refractivity contribution in [2.45, 2.75) is 72.1 Å². The van der Waals surface area contributed by atoms with Crippen molar-refractivity contribution in [2.24, 2.45) is 8.44 Å². The summed E-state index contributed by atoms with van der Waals surface area (Å²) in [7, 11) is 0. The molecule has 0 heterocycles. The molecule has 0 radical (unpaired) electrons. The first-order valence-corrected chi connectivity index (χ1v) is 23.2. The van der Waals surface area contributed by atoms with Crippen LogP contribution in [0, 0.1) is 0 Å². The van der Waals surface area contributed by atoms with Gasteiger partial charge in [-0.1, -0.05) is 106 Å². The fraction of sp³-hybridized carbons (Fsp3) is 0.282. The van der Waals surface area contributed by atoms with Gasteiger partial charge in [-0.3, -0.25) is 0 Å². The molecule has 6 nitrogen and oxygen atoms in total. The molecule has 0 saturated carbocycles. The van der Waals surface area contributed by atoms with Crippen LogP contribution in [0.2, 0.25) is 0 Å². The molecule has 0 saturated heterocycles. The summed E-state index contributed by atoms with van der Waals surface area (Å²) < 4.78 is 2.89. The molecule has 4 aliphatic rings. The first-order chi connectivity index (χ1) is 23.1. The maximum atomic E-state index is 8.87. The van der Waals surface area contributed by atoms with E-state index in [9.17, 15) is 0 Å². The predicted octanol–water partition coefficient (Wildman–Crippen LogP) is 16.0. The minimum Gasteiger partial charge on any atom is -0.107 e. The number of hydrogen-bond donors (Lipinski definition) is 0. The third-order valence-corrected chi connectivity index (χ3v) is 10.3. The topological polar surface area (TPSA) is 97.5 Å². The standard InChI is InChI=1S/C20H20.C19H17N3.I2.IN3.HI/c1-11-9-12(2)16-7-8-18-14(4)10-13(3)17-6-5-15(11)19(16)20(17)18;1-10-8-11(2)14-6-7-16-17(21-22-20)9-12(3)15-5-4-13(10)18(14)19(15)16;1-2;1-3-4-2;/h5-11,14H,1-4H3;4-9,11-12H,1-3H3;;;1H. The van der Waals surface area contributed by atoms with Crippen molar-refractivity contribution in [3.63, 3.8) is 0 Å². The fourth-order valence-electron chi connectivity index (χ4n) is 8.03. The number of rotatable bonds is 1. The van der Waals surface area contributed by atoms with Crippen LogP contribution in [0.3, 0.4) is 0 Å². The van der Waals surface area contributed by atoms with Gasteiger partial charge in [-0.2, -0.15) is 0 Å². The van der Waals surface area contributed by atoms with E-state index in [-0.39, 0.29) is 29.9 Å². The maximum absolute atomic E-state index is 8.87. The van der Waals surface area contributed by atoms with Crippen LogP contribution in [0.15, 0.2) is 81.3 Å². The highest BCUT2D eigenvalue weighted by Gasteiger charge is 2.27. The molecule has 0 N–H and O–H groups in total. The van der Waals surface area contributed by atoms with Crippen LogP contribution in [0.1, 0.15) is 117 Å². The molecule has 0 amide bonds. The SMILES string of the molecule is CC1=CC(C)c2ccc3c4c(ccc1c24)C(C)C=C3C.CC1=CC(C)c2ccc3c4c(ccc1c24)C(C)C=C3N=[N+]=[N-].I.II.[N-]=[N+]=NI. The van der Waals surface area contributed by atoms with Crippen molar-refractivity contribution in [3.8, 4) is 0 Å². The van der Waals surface area contributed by atoms with Gasteiger partial charge in [0.15, 0.2) is 0 Å². The summed E-state index contributed by atoms with van der Waals surface area (Å²) in [5.41, 5.74) is 32.0. The lowest BCUT2D eigenvalue weighted by atomic mass is 9.76. The van der Waals surface area contributed by atoms with Gasteiger partial charge in [-0.15, -0.1) is 24.0 Å². The van der Waals surface area contributed by atoms with E-state index in [4.69, 9.17) is 11.1 Å². The van der Waals surface area contributed by atoms with Crippen LogP contribution in [-0.4, -0.2) is 0 Å². The lowest BCUT2D eigenvalue weighted by Gasteiger charge is -2.28. The van der Waals surface area contributed by atoms with Crippen LogP contribution in [0.4, 0.5) is 0 Å². The third kappa shape index (κ3) is 7.32. The van der Waals surface area contributed by atoms with Crippen molar-refractivity contribution < 1.29 is 0 Å². The average Bonchev–Trinajstić information content (AvgIpc) is 3.09. The van der Waals surface area contributed by atoms with E-state index in [2.05, 4.69) is 177 Å². The summed E-state index contributed by atoms with van der Waals surface area (Å²) in [6.45, 7) is 15.7. The lowest BCUT2D eigenvalue weighted by Crippen LogP contribution is -2.07. The van der Waals surface area contributed by atoms with Crippen molar-refractivity contribution in [1.29, 1.82) is 0 Å². The zero-order valence-electron chi connectivity index (χ0n) is 28.5. The number of allylic oxidation sites excluding steroid dienone is 7. The normalized spacial score (nSPS) is 20.0. The van der Waals surface area contributed by atoms with Gasteiger partial charge in [0.05, 0.1) is 0 Å². The van der Waals surface area contributed by atoms with Crippen molar-refractivity contribution in [3.05, 3.63) is 138 Å². The summed E-state index contributed by atoms with van der Waals surface area (Å²) >= 11 is 5.80. The smallest absolute Gasteiger partial charge is 0.0420 e. The zero-order valence-corrected chi connectivity index (χ0v) is 37.3. The van der Waals surface area contributed by atoms with Crippen LogP contribution >= 0.6 is 84.1 Å². The number of azide groups is 2. The van der Waals surface area contributed by atoms with E-state index >= 15 is 0 Å². The summed E-state index contributed by atoms with van der Waals surface area (Å²) in [6.07, 6.45) is 9.19. The van der Waals surface area contributed by atoms with Gasteiger partial charge < -0.3 is 0 Å². The third-order valence-electron chi connectivity index (χ3n) is 10.1. The zero-order chi connectivity index (χ0) is 34.9. The molecule has 4 aromatic carbocycles. The number of nitrogens with zero attached hydrogens (tertiary/aromatic N) is 6. The van der Waals surface area contributed by atoms with Crippen LogP contribution in [-0.2, 0) is 0 Å². The second kappa shape index (κ2) is 16.9. The molecule has 49 heavy (non-hydrogen) atoms. The monoisotopic (exact) mass is 1100 g/mol. The molecular weight excluding hydrogens is 1060 g/mol. The van der Waals surface area contributed by atoms with E-state index in [1.807, 2.05) is 0 Å². The van der Waals surface area contributed by atoms with Crippen molar-refractivity contribution >= 4 is 128 Å². The Morgan fingerprint density at radius 2 is 0.796 bits per heavy atom. The molecule has 0 aromatic heterocycles. The maximum Gasteiger partial charge on any atom is 0.0420 e. The molecule has 10 heteroatoms. The van der Waals surface area contributed by atoms with E-state index in [0.717, 1.165) is 11.3 Å². The summed E-state index contributed by atoms with van der Waals surface area (Å²) in [5.74, 6) is 1.72. The van der Waals surface area contributed by atoms with Gasteiger partial charge in [-0.05, 0) is 118 Å². The van der Waals surface area contributed by atoms with Crippen molar-refractivity contribution in [2.75, 3.05) is 0 Å². The molecule has 4 aliphatic carbocycles. The average molecular weight is 1100 g/mol. The van der Waals surface area contributed by atoms with Gasteiger partial charge in [0.25, 0.3) is 0 Å². The number of benzene rings is 4. The molecule has 0 spiro atoms. The number of halogens is 4. The van der Waals surface area contributed by atoms with Crippen LogP contribution in [0.25, 0.3) is 64.8 Å². The minimum absolute atomic E-state index is 0. The molecule has 0 bridgehead atoms. The van der Waals surface area contributed by atoms with E-state index in [1.54, 1.807) is 22.9 Å². The first-order valence-electron chi connectivity index (χ1n) is 15.9. The Morgan fingerprint density at radius 1 is 0.510 bits per heavy atom. The first kappa shape index (κ1) is 39.7. The Bertz CT molecular complexity index is 2120. The number of hydrogen-bond acceptors (Lipinski definition) is 2. The van der Waals surface area contributed by atoms with Crippen LogP contribution < -0.4 is 0 Å². The van der Waals surface area contributed by atoms with Crippen molar-refractivity contribution in [1.82, 2.24) is 0 Å². The Balaban J connectivity index is 0.000000188. The van der Waals surface area contributed by atoms with Gasteiger partial charge in [0.2, 0.25) is 0 Å². The molecule has 0 fully saturated rings. The molecule has 4 aromatic rings. The second-order valence-electron chi connectivity index (χ2n) is 12.9. The summed E-state index contributed by atoms with van der Waals surface area (Å²) in [6, 6.07) is 18.1. The Kier molecular flexibility index (Phi) is 13.7. The molecule has 4 unspecified atom stereocenters.